The SMILES string of the molecule is O=C(N[C@@H]1C=CC[C@@H](C(=O)O)C1)c1ccnc(C2CCCC2)n1. The number of nitrogens with zero attached hydrogens (tertiary/aromatic N) is 2. The fourth-order valence-corrected chi connectivity index (χ4v) is 3.32. The van der Waals surface area contributed by atoms with Crippen LogP contribution in [-0.2, 0) is 4.79 Å². The van der Waals surface area contributed by atoms with Crippen molar-refractivity contribution in [1.29, 1.82) is 0 Å². The van der Waals surface area contributed by atoms with Gasteiger partial charge in [0.1, 0.15) is 11.5 Å². The number of carbonyl (C=O) groups excluding carboxylic acids is 1. The van der Waals surface area contributed by atoms with Crippen molar-refractivity contribution in [2.24, 2.45) is 5.92 Å². The Balaban J connectivity index is 1.66. The summed E-state index contributed by atoms with van der Waals surface area (Å²) in [4.78, 5) is 32.2. The molecule has 0 saturated heterocycles. The van der Waals surface area contributed by atoms with Crippen molar-refractivity contribution >= 4 is 11.9 Å². The van der Waals surface area contributed by atoms with E-state index in [1.165, 1.54) is 12.8 Å². The summed E-state index contributed by atoms with van der Waals surface area (Å²) in [6, 6.07) is 1.34. The number of amides is 1. The monoisotopic (exact) mass is 315 g/mol. The van der Waals surface area contributed by atoms with E-state index in [1.54, 1.807) is 12.3 Å². The number of carboxylic acid groups (broad SMARTS) is 1. The summed E-state index contributed by atoms with van der Waals surface area (Å²) < 4.78 is 0. The molecule has 122 valence electrons. The number of allylic oxidation sites excluding steroid dienone is 1. The molecule has 1 saturated carbocycles. The lowest BCUT2D eigenvalue weighted by Gasteiger charge is -2.22. The van der Waals surface area contributed by atoms with Crippen LogP contribution < -0.4 is 5.32 Å². The first-order chi connectivity index (χ1) is 11.1. The Morgan fingerprint density at radius 1 is 1.26 bits per heavy atom. The zero-order valence-electron chi connectivity index (χ0n) is 12.9. The molecule has 0 aliphatic heterocycles. The molecule has 2 atom stereocenters. The highest BCUT2D eigenvalue weighted by molar-refractivity contribution is 5.92. The lowest BCUT2D eigenvalue weighted by molar-refractivity contribution is -0.142. The minimum absolute atomic E-state index is 0.262. The third kappa shape index (κ3) is 3.75. The highest BCUT2D eigenvalue weighted by Gasteiger charge is 2.26. The Kier molecular flexibility index (Phi) is 4.69. The van der Waals surface area contributed by atoms with Crippen LogP contribution in [0.15, 0.2) is 24.4 Å². The van der Waals surface area contributed by atoms with Crippen LogP contribution in [0.2, 0.25) is 0 Å². The molecule has 3 rings (SSSR count). The first kappa shape index (κ1) is 15.6. The molecular formula is C17H21N3O3. The van der Waals surface area contributed by atoms with Gasteiger partial charge in [-0.15, -0.1) is 0 Å². The van der Waals surface area contributed by atoms with E-state index < -0.39 is 11.9 Å². The van der Waals surface area contributed by atoms with E-state index in [2.05, 4.69) is 15.3 Å². The first-order valence-corrected chi connectivity index (χ1v) is 8.17. The summed E-state index contributed by atoms with van der Waals surface area (Å²) in [5, 5.41) is 12.0. The van der Waals surface area contributed by atoms with Gasteiger partial charge in [-0.25, -0.2) is 9.97 Å². The molecule has 1 amide bonds. The Bertz CT molecular complexity index is 623. The van der Waals surface area contributed by atoms with E-state index in [0.717, 1.165) is 18.7 Å². The van der Waals surface area contributed by atoms with Crippen molar-refractivity contribution in [3.05, 3.63) is 35.9 Å². The van der Waals surface area contributed by atoms with Crippen LogP contribution in [0.3, 0.4) is 0 Å². The summed E-state index contributed by atoms with van der Waals surface area (Å²) in [7, 11) is 0. The van der Waals surface area contributed by atoms with Crippen LogP contribution >= 0.6 is 0 Å². The second-order valence-electron chi connectivity index (χ2n) is 6.30. The van der Waals surface area contributed by atoms with Gasteiger partial charge in [-0.2, -0.15) is 0 Å². The number of hydrogen-bond acceptors (Lipinski definition) is 4. The average Bonchev–Trinajstić information content (AvgIpc) is 3.10. The zero-order chi connectivity index (χ0) is 16.2. The number of rotatable bonds is 4. The fourth-order valence-electron chi connectivity index (χ4n) is 3.32. The molecule has 0 unspecified atom stereocenters. The molecular weight excluding hydrogens is 294 g/mol. The lowest BCUT2D eigenvalue weighted by atomic mass is 9.91. The van der Waals surface area contributed by atoms with Crippen molar-refractivity contribution in [3.63, 3.8) is 0 Å². The van der Waals surface area contributed by atoms with Gasteiger partial charge in [0.25, 0.3) is 5.91 Å². The van der Waals surface area contributed by atoms with E-state index in [-0.39, 0.29) is 11.9 Å². The first-order valence-electron chi connectivity index (χ1n) is 8.17. The molecule has 23 heavy (non-hydrogen) atoms. The molecule has 2 N–H and O–H groups in total. The average molecular weight is 315 g/mol. The van der Waals surface area contributed by atoms with Crippen molar-refractivity contribution in [3.8, 4) is 0 Å². The van der Waals surface area contributed by atoms with Crippen LogP contribution in [0.4, 0.5) is 0 Å². The second-order valence-corrected chi connectivity index (χ2v) is 6.30. The Morgan fingerprint density at radius 2 is 2.04 bits per heavy atom. The molecule has 0 radical (unpaired) electrons. The lowest BCUT2D eigenvalue weighted by Crippen LogP contribution is -2.38. The quantitative estimate of drug-likeness (QED) is 0.832. The van der Waals surface area contributed by atoms with Crippen LogP contribution in [0, 0.1) is 5.92 Å². The second kappa shape index (κ2) is 6.89. The Labute approximate surface area is 135 Å². The highest BCUT2D eigenvalue weighted by atomic mass is 16.4. The molecule has 1 fully saturated rings. The molecule has 1 aromatic rings. The van der Waals surface area contributed by atoms with E-state index >= 15 is 0 Å². The summed E-state index contributed by atoms with van der Waals surface area (Å²) in [5.41, 5.74) is 0.354. The minimum atomic E-state index is -0.820. The summed E-state index contributed by atoms with van der Waals surface area (Å²) in [6.45, 7) is 0. The smallest absolute Gasteiger partial charge is 0.306 e. The number of aromatic nitrogens is 2. The molecule has 0 aromatic carbocycles. The number of nitrogens with one attached hydrogen (secondary N) is 1. The van der Waals surface area contributed by atoms with Crippen LogP contribution in [-0.4, -0.2) is 33.0 Å². The number of carbonyl (C=O) groups is 2. The number of aliphatic carboxylic acids is 1. The summed E-state index contributed by atoms with van der Waals surface area (Å²) in [5.74, 6) is -0.428. The highest BCUT2D eigenvalue weighted by Crippen LogP contribution is 2.31. The van der Waals surface area contributed by atoms with Crippen molar-refractivity contribution in [2.45, 2.75) is 50.5 Å². The summed E-state index contributed by atoms with van der Waals surface area (Å²) in [6.07, 6.45) is 10.8. The van der Waals surface area contributed by atoms with Gasteiger partial charge in [-0.3, -0.25) is 9.59 Å². The third-order valence-electron chi connectivity index (χ3n) is 4.62. The van der Waals surface area contributed by atoms with E-state index in [0.29, 0.717) is 24.5 Å². The molecule has 6 nitrogen and oxygen atoms in total. The fraction of sp³-hybridized carbons (Fsp3) is 0.529. The molecule has 0 bridgehead atoms. The maximum atomic E-state index is 12.4. The molecule has 6 heteroatoms. The van der Waals surface area contributed by atoms with Crippen LogP contribution in [0.25, 0.3) is 0 Å². The summed E-state index contributed by atoms with van der Waals surface area (Å²) >= 11 is 0. The van der Waals surface area contributed by atoms with Crippen molar-refractivity contribution < 1.29 is 14.7 Å². The normalized spacial score (nSPS) is 24.5. The van der Waals surface area contributed by atoms with Crippen LogP contribution in [0.1, 0.15) is 60.8 Å². The van der Waals surface area contributed by atoms with Gasteiger partial charge in [0.05, 0.1) is 5.92 Å². The van der Waals surface area contributed by atoms with E-state index in [9.17, 15) is 9.59 Å². The predicted molar refractivity (Wildman–Crippen MR) is 84.0 cm³/mol. The van der Waals surface area contributed by atoms with E-state index in [1.807, 2.05) is 12.2 Å². The minimum Gasteiger partial charge on any atom is -0.481 e. The van der Waals surface area contributed by atoms with Gasteiger partial charge in [0, 0.05) is 18.2 Å². The van der Waals surface area contributed by atoms with Gasteiger partial charge in [-0.1, -0.05) is 25.0 Å². The third-order valence-corrected chi connectivity index (χ3v) is 4.62. The molecule has 1 aromatic heterocycles. The van der Waals surface area contributed by atoms with Gasteiger partial charge in [0.2, 0.25) is 0 Å². The van der Waals surface area contributed by atoms with Gasteiger partial charge in [0.15, 0.2) is 0 Å². The number of carboxylic acids is 1. The van der Waals surface area contributed by atoms with E-state index in [4.69, 9.17) is 5.11 Å². The molecule has 2 aliphatic rings. The van der Waals surface area contributed by atoms with Crippen molar-refractivity contribution in [2.75, 3.05) is 0 Å². The Morgan fingerprint density at radius 3 is 2.78 bits per heavy atom. The zero-order valence-corrected chi connectivity index (χ0v) is 12.9. The maximum absolute atomic E-state index is 12.4. The maximum Gasteiger partial charge on any atom is 0.306 e. The van der Waals surface area contributed by atoms with Gasteiger partial charge >= 0.3 is 5.97 Å². The topological polar surface area (TPSA) is 92.2 Å². The molecule has 2 aliphatic carbocycles. The van der Waals surface area contributed by atoms with Gasteiger partial charge in [-0.05, 0) is 31.7 Å². The van der Waals surface area contributed by atoms with Crippen molar-refractivity contribution in [1.82, 2.24) is 15.3 Å². The molecule has 1 heterocycles. The number of hydrogen-bond donors (Lipinski definition) is 2. The molecule has 0 spiro atoms. The largest absolute Gasteiger partial charge is 0.481 e. The predicted octanol–water partition coefficient (Wildman–Crippen LogP) is 2.28. The van der Waals surface area contributed by atoms with Crippen LogP contribution in [0.5, 0.6) is 0 Å². The van der Waals surface area contributed by atoms with Gasteiger partial charge < -0.3 is 10.4 Å². The standard InChI is InChI=1S/C17H21N3O3/c21-16(19-13-7-3-6-12(10-13)17(22)23)14-8-9-18-15(20-14)11-4-1-2-5-11/h3,7-9,11-13H,1-2,4-6,10H2,(H,19,21)(H,22,23)/t12-,13-/m1/s1. The Hall–Kier alpha value is -2.24.